The van der Waals surface area contributed by atoms with Crippen LogP contribution >= 0.6 is 11.6 Å². The van der Waals surface area contributed by atoms with Gasteiger partial charge in [0.25, 0.3) is 0 Å². The Morgan fingerprint density at radius 2 is 1.86 bits per heavy atom. The smallest absolute Gasteiger partial charge is 0.254 e. The molecule has 4 atom stereocenters. The van der Waals surface area contributed by atoms with Crippen LogP contribution < -0.4 is 0 Å². The second-order valence-corrected chi connectivity index (χ2v) is 7.69. The third kappa shape index (κ3) is 2.40. The maximum Gasteiger partial charge on any atom is 0.338 e. The van der Waals surface area contributed by atoms with Gasteiger partial charge in [0.1, 0.15) is 0 Å². The molecule has 0 N–H and O–H groups in total. The van der Waals surface area contributed by atoms with Crippen molar-refractivity contribution in [2.24, 2.45) is 0 Å². The third-order valence-corrected chi connectivity index (χ3v) is 6.85. The molecule has 6 heteroatoms. The molecule has 4 nitrogen and oxygen atoms in total. The minimum absolute atomic E-state index is 0.0294. The van der Waals surface area contributed by atoms with Gasteiger partial charge in [-0.25, -0.2) is 0 Å². The van der Waals surface area contributed by atoms with Crippen LogP contribution in [0.5, 0.6) is 0 Å². The Morgan fingerprint density at radius 3 is 2.48 bits per heavy atom. The predicted molar refractivity (Wildman–Crippen MR) is 82.9 cm³/mol. The second-order valence-electron chi connectivity index (χ2n) is 5.62. The number of hydrogen-bond acceptors (Lipinski definition) is 3. The summed E-state index contributed by atoms with van der Waals surface area (Å²) in [6.07, 6.45) is 0.328. The van der Waals surface area contributed by atoms with Crippen LogP contribution in [0.2, 0.25) is 0 Å². The topological polar surface area (TPSA) is 46.6 Å². The first-order valence-corrected chi connectivity index (χ1v) is 9.21. The van der Waals surface area contributed by atoms with Gasteiger partial charge in [-0.15, -0.1) is 11.6 Å². The first kappa shape index (κ1) is 15.3. The molecular weight excluding hydrogens is 310 g/mol. The van der Waals surface area contributed by atoms with Crippen LogP contribution in [0, 0.1) is 0 Å². The zero-order valence-electron chi connectivity index (χ0n) is 12.2. The highest BCUT2D eigenvalue weighted by Crippen LogP contribution is 2.56. The summed E-state index contributed by atoms with van der Waals surface area (Å²) in [5, 5.41) is -0.0701. The van der Waals surface area contributed by atoms with E-state index in [-0.39, 0.29) is 23.3 Å². The lowest BCUT2D eigenvalue weighted by molar-refractivity contribution is 0.172. The molecular formula is C15H20ClNO3S. The molecule has 0 aromatic heterocycles. The molecule has 0 aliphatic heterocycles. The van der Waals surface area contributed by atoms with E-state index in [0.29, 0.717) is 19.5 Å². The molecule has 2 aliphatic rings. The lowest BCUT2D eigenvalue weighted by Crippen LogP contribution is -2.36. The van der Waals surface area contributed by atoms with Crippen LogP contribution in [0.1, 0.15) is 43.2 Å². The van der Waals surface area contributed by atoms with Gasteiger partial charge in [-0.1, -0.05) is 38.1 Å². The maximum absolute atomic E-state index is 12.3. The van der Waals surface area contributed by atoms with Crippen LogP contribution in [0.4, 0.5) is 0 Å². The SMILES string of the molecule is CCN(CC)S(=O)(=O)O[C@H]1C[C@H]2c3ccccc3[C@H]1[C@@H]2Cl. The molecule has 0 heterocycles. The van der Waals surface area contributed by atoms with Crippen molar-refractivity contribution in [1.82, 2.24) is 4.31 Å². The molecule has 0 spiro atoms. The number of benzene rings is 1. The van der Waals surface area contributed by atoms with E-state index in [1.807, 2.05) is 32.0 Å². The van der Waals surface area contributed by atoms with E-state index in [1.165, 1.54) is 9.87 Å². The van der Waals surface area contributed by atoms with Crippen molar-refractivity contribution in [1.29, 1.82) is 0 Å². The number of fused-ring (bicyclic) bond motifs is 5. The summed E-state index contributed by atoms with van der Waals surface area (Å²) < 4.78 is 31.5. The molecule has 2 aliphatic carbocycles. The predicted octanol–water partition coefficient (Wildman–Crippen LogP) is 2.85. The highest BCUT2D eigenvalue weighted by molar-refractivity contribution is 7.84. The van der Waals surface area contributed by atoms with Gasteiger partial charge < -0.3 is 0 Å². The molecule has 2 bridgehead atoms. The zero-order valence-corrected chi connectivity index (χ0v) is 13.8. The van der Waals surface area contributed by atoms with Gasteiger partial charge in [0.05, 0.1) is 6.10 Å². The van der Waals surface area contributed by atoms with E-state index < -0.39 is 10.3 Å². The van der Waals surface area contributed by atoms with Crippen molar-refractivity contribution in [3.8, 4) is 0 Å². The fourth-order valence-corrected chi connectivity index (χ4v) is 5.46. The Balaban J connectivity index is 1.85. The van der Waals surface area contributed by atoms with Crippen LogP contribution in [0.3, 0.4) is 0 Å². The fourth-order valence-electron chi connectivity index (χ4n) is 3.66. The maximum atomic E-state index is 12.3. The Bertz CT molecular complexity index is 630. The van der Waals surface area contributed by atoms with Crippen molar-refractivity contribution in [3.05, 3.63) is 35.4 Å². The van der Waals surface area contributed by atoms with Gasteiger partial charge in [0, 0.05) is 30.3 Å². The normalized spacial score (nSPS) is 30.9. The number of rotatable bonds is 5. The van der Waals surface area contributed by atoms with Crippen molar-refractivity contribution >= 4 is 21.9 Å². The molecule has 1 saturated carbocycles. The second kappa shape index (κ2) is 5.54. The number of hydrogen-bond donors (Lipinski definition) is 0. The average molecular weight is 330 g/mol. The molecule has 0 saturated heterocycles. The molecule has 21 heavy (non-hydrogen) atoms. The summed E-state index contributed by atoms with van der Waals surface area (Å²) in [5.41, 5.74) is 2.40. The molecule has 1 aromatic rings. The van der Waals surface area contributed by atoms with Crippen molar-refractivity contribution < 1.29 is 12.6 Å². The lowest BCUT2D eigenvalue weighted by atomic mass is 9.90. The standard InChI is InChI=1S/C15H20ClNO3S/c1-3-17(4-2)21(18,19)20-13-9-12-10-7-5-6-8-11(10)14(13)15(12)16/h5-8,12-15H,3-4,9H2,1-2H3/t12-,13-,14+,15+/m0/s1. The van der Waals surface area contributed by atoms with Crippen LogP contribution in [0.15, 0.2) is 24.3 Å². The van der Waals surface area contributed by atoms with E-state index in [1.54, 1.807) is 0 Å². The van der Waals surface area contributed by atoms with E-state index >= 15 is 0 Å². The Morgan fingerprint density at radius 1 is 1.24 bits per heavy atom. The molecule has 116 valence electrons. The van der Waals surface area contributed by atoms with Gasteiger partial charge in [-0.05, 0) is 17.5 Å². The van der Waals surface area contributed by atoms with Gasteiger partial charge in [-0.3, -0.25) is 4.18 Å². The Labute approximate surface area is 131 Å². The van der Waals surface area contributed by atoms with E-state index in [9.17, 15) is 8.42 Å². The quantitative estimate of drug-likeness (QED) is 0.780. The molecule has 1 aromatic carbocycles. The first-order valence-electron chi connectivity index (χ1n) is 7.40. The summed E-state index contributed by atoms with van der Waals surface area (Å²) in [6.45, 7) is 4.46. The van der Waals surface area contributed by atoms with Crippen molar-refractivity contribution in [2.45, 2.75) is 43.6 Å². The summed E-state index contributed by atoms with van der Waals surface area (Å²) >= 11 is 6.52. The molecule has 0 unspecified atom stereocenters. The highest BCUT2D eigenvalue weighted by Gasteiger charge is 2.52. The van der Waals surface area contributed by atoms with Crippen molar-refractivity contribution in [3.63, 3.8) is 0 Å². The van der Waals surface area contributed by atoms with Crippen LogP contribution in [-0.4, -0.2) is 37.3 Å². The zero-order chi connectivity index (χ0) is 15.2. The Hall–Kier alpha value is -0.620. The van der Waals surface area contributed by atoms with Crippen LogP contribution in [-0.2, 0) is 14.5 Å². The average Bonchev–Trinajstić information content (AvgIpc) is 2.90. The van der Waals surface area contributed by atoms with Gasteiger partial charge >= 0.3 is 10.3 Å². The first-order chi connectivity index (χ1) is 9.99. The Kier molecular flexibility index (Phi) is 4.03. The van der Waals surface area contributed by atoms with Crippen molar-refractivity contribution in [2.75, 3.05) is 13.1 Å². The van der Waals surface area contributed by atoms with E-state index in [2.05, 4.69) is 6.07 Å². The number of alkyl halides is 1. The minimum Gasteiger partial charge on any atom is -0.254 e. The molecule has 1 fully saturated rings. The van der Waals surface area contributed by atoms with E-state index in [4.69, 9.17) is 15.8 Å². The monoisotopic (exact) mass is 329 g/mol. The summed E-state index contributed by atoms with van der Waals surface area (Å²) in [7, 11) is -3.68. The van der Waals surface area contributed by atoms with Gasteiger partial charge in [0.2, 0.25) is 0 Å². The fraction of sp³-hybridized carbons (Fsp3) is 0.600. The number of halogens is 1. The largest absolute Gasteiger partial charge is 0.338 e. The molecule has 3 rings (SSSR count). The van der Waals surface area contributed by atoms with E-state index in [0.717, 1.165) is 5.56 Å². The van der Waals surface area contributed by atoms with Gasteiger partial charge in [-0.2, -0.15) is 12.7 Å². The number of nitrogens with zero attached hydrogens (tertiary/aromatic N) is 1. The molecule has 0 radical (unpaired) electrons. The van der Waals surface area contributed by atoms with Crippen LogP contribution in [0.25, 0.3) is 0 Å². The minimum atomic E-state index is -3.68. The lowest BCUT2D eigenvalue weighted by Gasteiger charge is -2.26. The summed E-state index contributed by atoms with van der Waals surface area (Å²) in [6, 6.07) is 8.10. The highest BCUT2D eigenvalue weighted by atomic mass is 35.5. The summed E-state index contributed by atoms with van der Waals surface area (Å²) in [5.74, 6) is 0.169. The summed E-state index contributed by atoms with van der Waals surface area (Å²) in [4.78, 5) is 0. The third-order valence-electron chi connectivity index (χ3n) is 4.64. The van der Waals surface area contributed by atoms with Gasteiger partial charge in [0.15, 0.2) is 0 Å². The molecule has 0 amide bonds.